The third kappa shape index (κ3) is 4.33. The lowest BCUT2D eigenvalue weighted by Crippen LogP contribution is -2.50. The second-order valence-corrected chi connectivity index (χ2v) is 12.0. The van der Waals surface area contributed by atoms with Crippen LogP contribution in [-0.2, 0) is 36.5 Å². The molecule has 0 radical (unpaired) electrons. The van der Waals surface area contributed by atoms with Crippen LogP contribution in [0.15, 0.2) is 42.7 Å². The molecular weight excluding hydrogens is 557 g/mol. The highest BCUT2D eigenvalue weighted by Crippen LogP contribution is 2.47. The first kappa shape index (κ1) is 27.5. The van der Waals surface area contributed by atoms with Gasteiger partial charge in [-0.1, -0.05) is 12.1 Å². The number of aryl methyl sites for hydroxylation is 1. The van der Waals surface area contributed by atoms with Crippen molar-refractivity contribution in [2.75, 3.05) is 18.1 Å². The first-order valence-electron chi connectivity index (χ1n) is 14.2. The Bertz CT molecular complexity index is 1520. The third-order valence-electron chi connectivity index (χ3n) is 9.51. The van der Waals surface area contributed by atoms with Gasteiger partial charge < -0.3 is 14.2 Å². The molecule has 12 heteroatoms. The number of aromatic nitrogens is 3. The van der Waals surface area contributed by atoms with Crippen molar-refractivity contribution in [2.45, 2.75) is 74.8 Å². The molecule has 7 rings (SSSR count). The molecule has 5 heterocycles. The van der Waals surface area contributed by atoms with Gasteiger partial charge in [-0.15, -0.1) is 10.2 Å². The number of nitrogens with zero attached hydrogens (tertiary/aromatic N) is 5. The molecule has 1 unspecified atom stereocenters. The normalized spacial score (nSPS) is 25.9. The molecule has 4 aliphatic rings. The van der Waals surface area contributed by atoms with E-state index in [1.807, 2.05) is 0 Å². The van der Waals surface area contributed by atoms with Gasteiger partial charge in [0.05, 0.1) is 30.7 Å². The number of carbonyl (C=O) groups excluding carboxylic acids is 1. The number of amides is 1. The Balaban J connectivity index is 1.21. The number of anilines is 1. The summed E-state index contributed by atoms with van der Waals surface area (Å²) in [6.45, 7) is 0.157. The molecule has 3 saturated heterocycles. The Morgan fingerprint density at radius 3 is 2.48 bits per heavy atom. The van der Waals surface area contributed by atoms with Crippen molar-refractivity contribution in [2.24, 2.45) is 7.05 Å². The van der Waals surface area contributed by atoms with Gasteiger partial charge in [-0.25, -0.2) is 8.78 Å². The fraction of sp³-hybridized carbons (Fsp3) is 0.500. The molecule has 2 aromatic carbocycles. The topological polar surface area (TPSA) is 63.5 Å². The van der Waals surface area contributed by atoms with Gasteiger partial charge in [-0.05, 0) is 66.6 Å². The lowest BCUT2D eigenvalue weighted by molar-refractivity contribution is -0.138. The molecule has 4 aliphatic heterocycles. The highest BCUT2D eigenvalue weighted by molar-refractivity contribution is 6.10. The van der Waals surface area contributed by atoms with Crippen molar-refractivity contribution in [3.8, 4) is 0 Å². The summed E-state index contributed by atoms with van der Waals surface area (Å²) in [6, 6.07) is 9.40. The fourth-order valence-corrected chi connectivity index (χ4v) is 7.23. The lowest BCUT2D eigenvalue weighted by Gasteiger charge is -2.43. The summed E-state index contributed by atoms with van der Waals surface area (Å²) in [7, 11) is 1.64. The van der Waals surface area contributed by atoms with Gasteiger partial charge in [0.1, 0.15) is 12.5 Å². The Hall–Kier alpha value is -3.38. The van der Waals surface area contributed by atoms with Crippen LogP contribution in [0.2, 0.25) is 0 Å². The number of fused-ring (bicyclic) bond motifs is 3. The Morgan fingerprint density at radius 1 is 1.12 bits per heavy atom. The minimum atomic E-state index is -4.66. The van der Waals surface area contributed by atoms with E-state index >= 15 is 4.39 Å². The van der Waals surface area contributed by atoms with Gasteiger partial charge in [0, 0.05) is 36.9 Å². The molecule has 222 valence electrons. The van der Waals surface area contributed by atoms with E-state index in [2.05, 4.69) is 15.1 Å². The number of carbonyl (C=O) groups is 1. The van der Waals surface area contributed by atoms with E-state index < -0.39 is 35.4 Å². The van der Waals surface area contributed by atoms with Gasteiger partial charge in [0.2, 0.25) is 0 Å². The highest BCUT2D eigenvalue weighted by Gasteiger charge is 2.51. The summed E-state index contributed by atoms with van der Waals surface area (Å²) >= 11 is 0. The molecule has 3 fully saturated rings. The molecule has 4 atom stereocenters. The van der Waals surface area contributed by atoms with Crippen LogP contribution in [0.25, 0.3) is 0 Å². The molecule has 0 saturated carbocycles. The van der Waals surface area contributed by atoms with Crippen LogP contribution in [0.5, 0.6) is 0 Å². The maximum Gasteiger partial charge on any atom is 0.416 e. The number of halogens is 5. The first-order chi connectivity index (χ1) is 20.0. The van der Waals surface area contributed by atoms with Gasteiger partial charge >= 0.3 is 6.18 Å². The Labute approximate surface area is 239 Å². The van der Waals surface area contributed by atoms with Crippen LogP contribution < -0.4 is 4.90 Å². The fourth-order valence-electron chi connectivity index (χ4n) is 7.23. The van der Waals surface area contributed by atoms with Crippen LogP contribution >= 0.6 is 0 Å². The lowest BCUT2D eigenvalue weighted by atomic mass is 9.74. The van der Waals surface area contributed by atoms with Crippen molar-refractivity contribution < 1.29 is 31.5 Å². The SMILES string of the molecule is Cn1cnnc1[C@H](F)C1(c2cccc(N3Cc4c(cc(CN5[C@@H]6CC[C@H]5CC(F)C6)cc4C(F)(F)F)C3=O)c2)COC1. The van der Waals surface area contributed by atoms with Crippen molar-refractivity contribution in [1.82, 2.24) is 19.7 Å². The second kappa shape index (κ2) is 9.84. The molecule has 1 aromatic heterocycles. The summed E-state index contributed by atoms with van der Waals surface area (Å²) in [5.41, 5.74) is -0.614. The molecule has 7 nitrogen and oxygen atoms in total. The second-order valence-electron chi connectivity index (χ2n) is 12.0. The highest BCUT2D eigenvalue weighted by atomic mass is 19.4. The number of alkyl halides is 5. The molecule has 0 spiro atoms. The monoisotopic (exact) mass is 587 g/mol. The van der Waals surface area contributed by atoms with Gasteiger partial charge in [0.25, 0.3) is 5.91 Å². The average molecular weight is 588 g/mol. The van der Waals surface area contributed by atoms with Crippen molar-refractivity contribution in [1.29, 1.82) is 0 Å². The Morgan fingerprint density at radius 2 is 1.86 bits per heavy atom. The molecule has 3 aromatic rings. The Kier molecular flexibility index (Phi) is 6.43. The number of piperidine rings is 1. The number of ether oxygens (including phenoxy) is 1. The van der Waals surface area contributed by atoms with Gasteiger partial charge in [-0.3, -0.25) is 9.69 Å². The number of hydrogen-bond acceptors (Lipinski definition) is 5. The molecular formula is C30H30F5N5O2. The minimum Gasteiger partial charge on any atom is -0.379 e. The standard InChI is InChI=1S/C30H30F5N5O2/c1-38-16-36-37-27(38)26(32)29(14-42-15-29)18-3-2-4-20(9-18)40-13-24-23(28(40)41)7-17(8-25(24)30(33,34)35)12-39-21-5-6-22(39)11-19(31)10-21/h2-4,7-9,16,19,21-22,26H,5-6,10-15H2,1H3/t19?,21-,22+,26-/m0/s1. The van der Waals surface area contributed by atoms with E-state index in [0.717, 1.165) is 18.9 Å². The van der Waals surface area contributed by atoms with Crippen molar-refractivity contribution in [3.05, 3.63) is 76.4 Å². The van der Waals surface area contributed by atoms with E-state index in [4.69, 9.17) is 4.74 Å². The van der Waals surface area contributed by atoms with Crippen molar-refractivity contribution >= 4 is 11.6 Å². The minimum absolute atomic E-state index is 0.0000336. The summed E-state index contributed by atoms with van der Waals surface area (Å²) in [5, 5.41) is 7.69. The van der Waals surface area contributed by atoms with Gasteiger partial charge in [-0.2, -0.15) is 13.2 Å². The van der Waals surface area contributed by atoms with Crippen LogP contribution in [-0.4, -0.2) is 57.0 Å². The number of rotatable bonds is 6. The molecule has 1 amide bonds. The molecule has 0 N–H and O–H groups in total. The summed E-state index contributed by atoms with van der Waals surface area (Å²) in [6.07, 6.45) is -3.24. The predicted molar refractivity (Wildman–Crippen MR) is 142 cm³/mol. The van der Waals surface area contributed by atoms with Crippen molar-refractivity contribution in [3.63, 3.8) is 0 Å². The van der Waals surface area contributed by atoms with E-state index in [1.54, 1.807) is 37.4 Å². The van der Waals surface area contributed by atoms with Gasteiger partial charge in [0.15, 0.2) is 12.0 Å². The first-order valence-corrected chi connectivity index (χ1v) is 14.2. The zero-order chi connectivity index (χ0) is 29.4. The third-order valence-corrected chi connectivity index (χ3v) is 9.51. The smallest absolute Gasteiger partial charge is 0.379 e. The van der Waals surface area contributed by atoms with Crippen LogP contribution in [0.1, 0.15) is 70.3 Å². The van der Waals surface area contributed by atoms with E-state index in [1.165, 1.54) is 15.8 Å². The molecule has 2 bridgehead atoms. The summed E-state index contributed by atoms with van der Waals surface area (Å²) in [5.74, 6) is -0.399. The summed E-state index contributed by atoms with van der Waals surface area (Å²) < 4.78 is 79.9. The van der Waals surface area contributed by atoms with Crippen LogP contribution in [0.4, 0.5) is 27.6 Å². The number of benzene rings is 2. The average Bonchev–Trinajstić information content (AvgIpc) is 3.56. The molecule has 0 aliphatic carbocycles. The maximum absolute atomic E-state index is 15.9. The van der Waals surface area contributed by atoms with E-state index in [9.17, 15) is 22.4 Å². The zero-order valence-electron chi connectivity index (χ0n) is 23.0. The number of hydrogen-bond donors (Lipinski definition) is 0. The zero-order valence-corrected chi connectivity index (χ0v) is 23.0. The van der Waals surface area contributed by atoms with E-state index in [0.29, 0.717) is 29.7 Å². The largest absolute Gasteiger partial charge is 0.416 e. The predicted octanol–water partition coefficient (Wildman–Crippen LogP) is 5.44. The van der Waals surface area contributed by atoms with E-state index in [-0.39, 0.29) is 55.3 Å². The van der Waals surface area contributed by atoms with Crippen LogP contribution in [0.3, 0.4) is 0 Å². The summed E-state index contributed by atoms with van der Waals surface area (Å²) in [4.78, 5) is 17.1. The maximum atomic E-state index is 15.9. The molecule has 42 heavy (non-hydrogen) atoms. The quantitative estimate of drug-likeness (QED) is 0.360. The van der Waals surface area contributed by atoms with Crippen LogP contribution in [0, 0.1) is 0 Å².